The highest BCUT2D eigenvalue weighted by molar-refractivity contribution is 7.89. The van der Waals surface area contributed by atoms with Gasteiger partial charge in [0.1, 0.15) is 0 Å². The van der Waals surface area contributed by atoms with Gasteiger partial charge in [0, 0.05) is 13.6 Å². The first-order valence-electron chi connectivity index (χ1n) is 3.48. The molecule has 0 aliphatic heterocycles. The van der Waals surface area contributed by atoms with Gasteiger partial charge in [-0.3, -0.25) is 0 Å². The van der Waals surface area contributed by atoms with E-state index in [0.29, 0.717) is 13.0 Å². The number of rotatable bonds is 4. The third kappa shape index (κ3) is 2.66. The molecule has 0 rings (SSSR count). The van der Waals surface area contributed by atoms with E-state index >= 15 is 0 Å². The van der Waals surface area contributed by atoms with Gasteiger partial charge in [0.05, 0.1) is 5.75 Å². The standard InChI is InChI=1S/C6H15NO2S/c1-4-6-10(8,9)7(3)5-2/h4-6H2,1-3H3. The SMILES string of the molecule is CCCS(=O)(=O)N(C)CC. The maximum atomic E-state index is 11.1. The van der Waals surface area contributed by atoms with E-state index in [1.165, 1.54) is 4.31 Å². The molecule has 0 spiro atoms. The van der Waals surface area contributed by atoms with Crippen molar-refractivity contribution in [2.45, 2.75) is 20.3 Å². The highest BCUT2D eigenvalue weighted by Crippen LogP contribution is 1.98. The van der Waals surface area contributed by atoms with Crippen molar-refractivity contribution < 1.29 is 8.42 Å². The van der Waals surface area contributed by atoms with Gasteiger partial charge in [-0.2, -0.15) is 0 Å². The van der Waals surface area contributed by atoms with Crippen LogP contribution in [0.15, 0.2) is 0 Å². The second kappa shape index (κ2) is 3.93. The fraction of sp³-hybridized carbons (Fsp3) is 1.00. The van der Waals surface area contributed by atoms with Crippen LogP contribution >= 0.6 is 0 Å². The summed E-state index contributed by atoms with van der Waals surface area (Å²) in [6.07, 6.45) is 0.687. The minimum atomic E-state index is -2.93. The van der Waals surface area contributed by atoms with E-state index < -0.39 is 10.0 Å². The molecule has 0 aromatic carbocycles. The van der Waals surface area contributed by atoms with Crippen molar-refractivity contribution in [2.75, 3.05) is 19.3 Å². The molecule has 0 saturated carbocycles. The number of hydrogen-bond acceptors (Lipinski definition) is 2. The molecule has 0 N–H and O–H groups in total. The lowest BCUT2D eigenvalue weighted by atomic mass is 10.6. The highest BCUT2D eigenvalue weighted by Gasteiger charge is 2.13. The lowest BCUT2D eigenvalue weighted by molar-refractivity contribution is 0.485. The Labute approximate surface area is 63.1 Å². The Balaban J connectivity index is 4.12. The van der Waals surface area contributed by atoms with E-state index in [-0.39, 0.29) is 5.75 Å². The zero-order valence-corrected chi connectivity index (χ0v) is 7.61. The van der Waals surface area contributed by atoms with Gasteiger partial charge in [0.25, 0.3) is 0 Å². The van der Waals surface area contributed by atoms with Crippen LogP contribution in [0.1, 0.15) is 20.3 Å². The molecular formula is C6H15NO2S. The van der Waals surface area contributed by atoms with Gasteiger partial charge >= 0.3 is 0 Å². The highest BCUT2D eigenvalue weighted by atomic mass is 32.2. The van der Waals surface area contributed by atoms with Gasteiger partial charge in [-0.1, -0.05) is 13.8 Å². The van der Waals surface area contributed by atoms with Crippen LogP contribution in [0, 0.1) is 0 Å². The van der Waals surface area contributed by atoms with E-state index in [1.54, 1.807) is 7.05 Å². The first-order valence-corrected chi connectivity index (χ1v) is 5.09. The summed E-state index contributed by atoms with van der Waals surface area (Å²) in [5, 5.41) is 0. The molecule has 0 fully saturated rings. The van der Waals surface area contributed by atoms with E-state index in [2.05, 4.69) is 0 Å². The van der Waals surface area contributed by atoms with Crippen LogP contribution in [0.25, 0.3) is 0 Å². The number of nitrogens with zero attached hydrogens (tertiary/aromatic N) is 1. The van der Waals surface area contributed by atoms with Crippen molar-refractivity contribution in [1.29, 1.82) is 0 Å². The van der Waals surface area contributed by atoms with Crippen molar-refractivity contribution in [3.63, 3.8) is 0 Å². The van der Waals surface area contributed by atoms with E-state index in [9.17, 15) is 8.42 Å². The van der Waals surface area contributed by atoms with Crippen molar-refractivity contribution >= 4 is 10.0 Å². The molecule has 0 saturated heterocycles. The predicted molar refractivity (Wildman–Crippen MR) is 42.4 cm³/mol. The lowest BCUT2D eigenvalue weighted by Gasteiger charge is -2.13. The smallest absolute Gasteiger partial charge is 0.212 e. The first kappa shape index (κ1) is 9.91. The first-order chi connectivity index (χ1) is 4.54. The Morgan fingerprint density at radius 1 is 1.30 bits per heavy atom. The fourth-order valence-electron chi connectivity index (χ4n) is 0.610. The summed E-state index contributed by atoms with van der Waals surface area (Å²) in [5.74, 6) is 0.261. The zero-order valence-electron chi connectivity index (χ0n) is 6.79. The Morgan fingerprint density at radius 3 is 2.10 bits per heavy atom. The molecule has 62 valence electrons. The molecule has 0 aliphatic rings. The third-order valence-corrected chi connectivity index (χ3v) is 3.51. The van der Waals surface area contributed by atoms with Crippen LogP contribution in [-0.2, 0) is 10.0 Å². The predicted octanol–water partition coefficient (Wildman–Crippen LogP) is 0.678. The third-order valence-electron chi connectivity index (χ3n) is 1.38. The fourth-order valence-corrected chi connectivity index (χ4v) is 1.83. The molecule has 0 radical (unpaired) electrons. The van der Waals surface area contributed by atoms with Crippen molar-refractivity contribution in [3.05, 3.63) is 0 Å². The Hall–Kier alpha value is -0.0900. The van der Waals surface area contributed by atoms with Gasteiger partial charge < -0.3 is 0 Å². The summed E-state index contributed by atoms with van der Waals surface area (Å²) in [7, 11) is -1.32. The van der Waals surface area contributed by atoms with E-state index in [0.717, 1.165) is 0 Å². The molecule has 4 heteroatoms. The van der Waals surface area contributed by atoms with Crippen molar-refractivity contribution in [3.8, 4) is 0 Å². The van der Waals surface area contributed by atoms with Gasteiger partial charge in [-0.25, -0.2) is 12.7 Å². The molecule has 0 bridgehead atoms. The van der Waals surface area contributed by atoms with Crippen LogP contribution in [0.4, 0.5) is 0 Å². The zero-order chi connectivity index (χ0) is 8.20. The van der Waals surface area contributed by atoms with Crippen LogP contribution in [-0.4, -0.2) is 32.1 Å². The number of sulfonamides is 1. The Morgan fingerprint density at radius 2 is 1.80 bits per heavy atom. The number of hydrogen-bond donors (Lipinski definition) is 0. The molecule has 3 nitrogen and oxygen atoms in total. The normalized spacial score (nSPS) is 12.4. The Bertz CT molecular complexity index is 174. The topological polar surface area (TPSA) is 37.4 Å². The second-order valence-electron chi connectivity index (χ2n) is 2.23. The average Bonchev–Trinajstić information content (AvgIpc) is 1.86. The Kier molecular flexibility index (Phi) is 3.89. The summed E-state index contributed by atoms with van der Waals surface area (Å²) in [4.78, 5) is 0. The molecular weight excluding hydrogens is 150 g/mol. The molecule has 0 atom stereocenters. The van der Waals surface area contributed by atoms with Crippen LogP contribution < -0.4 is 0 Å². The lowest BCUT2D eigenvalue weighted by Crippen LogP contribution is -2.28. The summed E-state index contributed by atoms with van der Waals surface area (Å²) < 4.78 is 23.5. The molecule has 0 heterocycles. The van der Waals surface area contributed by atoms with Gasteiger partial charge in [0.15, 0.2) is 0 Å². The van der Waals surface area contributed by atoms with Gasteiger partial charge in [-0.05, 0) is 6.42 Å². The summed E-state index contributed by atoms with van der Waals surface area (Å²) in [6, 6.07) is 0. The molecule has 0 unspecified atom stereocenters. The summed E-state index contributed by atoms with van der Waals surface area (Å²) >= 11 is 0. The molecule has 0 aliphatic carbocycles. The molecule has 0 aromatic rings. The quantitative estimate of drug-likeness (QED) is 0.614. The maximum Gasteiger partial charge on any atom is 0.213 e. The monoisotopic (exact) mass is 165 g/mol. The van der Waals surface area contributed by atoms with Gasteiger partial charge in [0.2, 0.25) is 10.0 Å². The maximum absolute atomic E-state index is 11.1. The van der Waals surface area contributed by atoms with Gasteiger partial charge in [-0.15, -0.1) is 0 Å². The van der Waals surface area contributed by atoms with Crippen molar-refractivity contribution in [1.82, 2.24) is 4.31 Å². The van der Waals surface area contributed by atoms with Crippen LogP contribution in [0.2, 0.25) is 0 Å². The van der Waals surface area contributed by atoms with Crippen LogP contribution in [0.5, 0.6) is 0 Å². The van der Waals surface area contributed by atoms with E-state index in [1.807, 2.05) is 13.8 Å². The minimum Gasteiger partial charge on any atom is -0.212 e. The second-order valence-corrected chi connectivity index (χ2v) is 4.43. The van der Waals surface area contributed by atoms with Crippen molar-refractivity contribution in [2.24, 2.45) is 0 Å². The summed E-state index contributed by atoms with van der Waals surface area (Å²) in [6.45, 7) is 4.25. The largest absolute Gasteiger partial charge is 0.213 e. The molecule has 0 amide bonds. The van der Waals surface area contributed by atoms with E-state index in [4.69, 9.17) is 0 Å². The molecule has 0 aromatic heterocycles. The summed E-state index contributed by atoms with van der Waals surface area (Å²) in [5.41, 5.74) is 0. The van der Waals surface area contributed by atoms with Crippen LogP contribution in [0.3, 0.4) is 0 Å². The molecule has 10 heavy (non-hydrogen) atoms. The minimum absolute atomic E-state index is 0.261. The average molecular weight is 165 g/mol.